The van der Waals surface area contributed by atoms with Gasteiger partial charge in [-0.2, -0.15) is 0 Å². The largest absolute Gasteiger partial charge is 0.488 e. The smallest absolute Gasteiger partial charge is 0.253 e. The highest BCUT2D eigenvalue weighted by Gasteiger charge is 2.22. The molecule has 0 radical (unpaired) electrons. The molecule has 1 aromatic heterocycles. The van der Waals surface area contributed by atoms with Gasteiger partial charge in [0.05, 0.1) is 12.1 Å². The molecule has 0 bridgehead atoms. The Morgan fingerprint density at radius 3 is 2.88 bits per heavy atom. The minimum Gasteiger partial charge on any atom is -0.488 e. The Kier molecular flexibility index (Phi) is 4.76. The first kappa shape index (κ1) is 17.0. The summed E-state index contributed by atoms with van der Waals surface area (Å²) in [7, 11) is 1.55. The molecule has 1 N–H and O–H groups in total. The van der Waals surface area contributed by atoms with Crippen LogP contribution in [0.2, 0.25) is 5.02 Å². The minimum atomic E-state index is -0.370. The third-order valence-electron chi connectivity index (χ3n) is 3.58. The predicted octanol–water partition coefficient (Wildman–Crippen LogP) is 2.51. The van der Waals surface area contributed by atoms with Gasteiger partial charge in [-0.25, -0.2) is 0 Å². The van der Waals surface area contributed by atoms with Gasteiger partial charge in [0.2, 0.25) is 5.91 Å². The maximum Gasteiger partial charge on any atom is 0.253 e. The lowest BCUT2D eigenvalue weighted by atomic mass is 10.1. The van der Waals surface area contributed by atoms with Gasteiger partial charge in [-0.05, 0) is 31.2 Å². The number of hydrogen-bond acceptors (Lipinski definition) is 5. The van der Waals surface area contributed by atoms with Crippen LogP contribution in [-0.4, -0.2) is 42.1 Å². The van der Waals surface area contributed by atoms with Crippen LogP contribution in [0.4, 0.5) is 5.82 Å². The van der Waals surface area contributed by atoms with Gasteiger partial charge in [-0.1, -0.05) is 16.8 Å². The first-order valence-electron chi connectivity index (χ1n) is 7.54. The molecular formula is C17H16ClN3O4. The van der Waals surface area contributed by atoms with Gasteiger partial charge < -0.3 is 19.5 Å². The SMILES string of the molecule is Cc1cc(NC(=O)CN(C)C(=O)C2=Cc3cc(Cl)ccc3OC2)no1. The third-order valence-corrected chi connectivity index (χ3v) is 3.82. The summed E-state index contributed by atoms with van der Waals surface area (Å²) in [4.78, 5) is 25.8. The Hall–Kier alpha value is -2.80. The summed E-state index contributed by atoms with van der Waals surface area (Å²) in [6.07, 6.45) is 1.72. The monoisotopic (exact) mass is 361 g/mol. The van der Waals surface area contributed by atoms with Gasteiger partial charge >= 0.3 is 0 Å². The summed E-state index contributed by atoms with van der Waals surface area (Å²) >= 11 is 5.97. The number of carbonyl (C=O) groups is 2. The molecule has 25 heavy (non-hydrogen) atoms. The fourth-order valence-corrected chi connectivity index (χ4v) is 2.59. The summed E-state index contributed by atoms with van der Waals surface area (Å²) < 4.78 is 10.4. The molecule has 0 saturated heterocycles. The van der Waals surface area contributed by atoms with E-state index in [1.54, 1.807) is 44.3 Å². The van der Waals surface area contributed by atoms with E-state index in [1.165, 1.54) is 4.90 Å². The molecule has 130 valence electrons. The highest BCUT2D eigenvalue weighted by atomic mass is 35.5. The molecular weight excluding hydrogens is 346 g/mol. The number of likely N-dealkylation sites (N-methyl/N-ethyl adjacent to an activating group) is 1. The second-order valence-corrected chi connectivity index (χ2v) is 6.11. The molecule has 0 fully saturated rings. The van der Waals surface area contributed by atoms with E-state index in [9.17, 15) is 9.59 Å². The molecule has 0 atom stereocenters. The third kappa shape index (κ3) is 4.00. The number of carbonyl (C=O) groups excluding carboxylic acids is 2. The quantitative estimate of drug-likeness (QED) is 0.904. The van der Waals surface area contributed by atoms with Crippen molar-refractivity contribution in [1.82, 2.24) is 10.1 Å². The number of rotatable bonds is 4. The number of benzene rings is 1. The van der Waals surface area contributed by atoms with Crippen molar-refractivity contribution in [2.24, 2.45) is 0 Å². The average molecular weight is 362 g/mol. The number of nitrogens with zero attached hydrogens (tertiary/aromatic N) is 2. The number of aromatic nitrogens is 1. The molecule has 1 aliphatic heterocycles. The van der Waals surface area contributed by atoms with Crippen LogP contribution in [-0.2, 0) is 9.59 Å². The molecule has 2 heterocycles. The normalized spacial score (nSPS) is 12.7. The summed E-state index contributed by atoms with van der Waals surface area (Å²) in [5, 5.41) is 6.80. The van der Waals surface area contributed by atoms with E-state index in [-0.39, 0.29) is 25.0 Å². The van der Waals surface area contributed by atoms with E-state index in [2.05, 4.69) is 10.5 Å². The number of fused-ring (bicyclic) bond motifs is 1. The number of anilines is 1. The van der Waals surface area contributed by atoms with Crippen LogP contribution in [0.5, 0.6) is 5.75 Å². The van der Waals surface area contributed by atoms with Crippen molar-refractivity contribution in [3.8, 4) is 5.75 Å². The van der Waals surface area contributed by atoms with E-state index in [4.69, 9.17) is 20.9 Å². The second kappa shape index (κ2) is 6.98. The number of nitrogens with one attached hydrogen (secondary N) is 1. The summed E-state index contributed by atoms with van der Waals surface area (Å²) in [5.41, 5.74) is 1.18. The Morgan fingerprint density at radius 2 is 2.16 bits per heavy atom. The van der Waals surface area contributed by atoms with Crippen LogP contribution < -0.4 is 10.1 Å². The zero-order valence-corrected chi connectivity index (χ0v) is 14.5. The van der Waals surface area contributed by atoms with Gasteiger partial charge in [-0.3, -0.25) is 9.59 Å². The number of ether oxygens (including phenoxy) is 1. The fraction of sp³-hybridized carbons (Fsp3) is 0.235. The number of halogens is 1. The van der Waals surface area contributed by atoms with Crippen LogP contribution in [0, 0.1) is 6.92 Å². The first-order valence-corrected chi connectivity index (χ1v) is 7.92. The van der Waals surface area contributed by atoms with E-state index in [1.807, 2.05) is 0 Å². The van der Waals surface area contributed by atoms with Crippen molar-refractivity contribution in [2.75, 3.05) is 25.5 Å². The van der Waals surface area contributed by atoms with Crippen LogP contribution >= 0.6 is 11.6 Å². The van der Waals surface area contributed by atoms with Crippen LogP contribution in [0.1, 0.15) is 11.3 Å². The number of amides is 2. The lowest BCUT2D eigenvalue weighted by Gasteiger charge is -2.22. The molecule has 0 aliphatic carbocycles. The molecule has 1 aromatic carbocycles. The predicted molar refractivity (Wildman–Crippen MR) is 92.4 cm³/mol. The molecule has 0 spiro atoms. The summed E-state index contributed by atoms with van der Waals surface area (Å²) in [5.74, 6) is 0.901. The van der Waals surface area contributed by atoms with Crippen molar-refractivity contribution in [3.63, 3.8) is 0 Å². The van der Waals surface area contributed by atoms with Crippen molar-refractivity contribution < 1.29 is 18.8 Å². The standard InChI is InChI=1S/C17H16ClN3O4/c1-10-5-15(20-25-10)19-16(22)8-21(2)17(23)12-6-11-7-13(18)3-4-14(11)24-9-12/h3-7H,8-9H2,1-2H3,(H,19,20,22). The number of aryl methyl sites for hydroxylation is 1. The van der Waals surface area contributed by atoms with Gasteiger partial charge in [0.15, 0.2) is 5.82 Å². The number of hydrogen-bond donors (Lipinski definition) is 1. The average Bonchev–Trinajstić information content (AvgIpc) is 2.98. The Morgan fingerprint density at radius 1 is 1.36 bits per heavy atom. The van der Waals surface area contributed by atoms with Crippen molar-refractivity contribution in [2.45, 2.75) is 6.92 Å². The van der Waals surface area contributed by atoms with E-state index in [0.717, 1.165) is 5.56 Å². The molecule has 3 rings (SSSR count). The summed E-state index contributed by atoms with van der Waals surface area (Å²) in [6, 6.07) is 6.80. The van der Waals surface area contributed by atoms with Crippen molar-refractivity contribution >= 4 is 35.3 Å². The van der Waals surface area contributed by atoms with Crippen LogP contribution in [0.25, 0.3) is 6.08 Å². The van der Waals surface area contributed by atoms with E-state index < -0.39 is 0 Å². The summed E-state index contributed by atoms with van der Waals surface area (Å²) in [6.45, 7) is 1.74. The van der Waals surface area contributed by atoms with Gasteiger partial charge in [-0.15, -0.1) is 0 Å². The molecule has 0 unspecified atom stereocenters. The molecule has 2 aromatic rings. The van der Waals surface area contributed by atoms with Crippen molar-refractivity contribution in [1.29, 1.82) is 0 Å². The minimum absolute atomic E-state index is 0.121. The lowest BCUT2D eigenvalue weighted by Crippen LogP contribution is -2.37. The Bertz CT molecular complexity index is 859. The van der Waals surface area contributed by atoms with Crippen LogP contribution in [0.3, 0.4) is 0 Å². The molecule has 2 amide bonds. The van der Waals surface area contributed by atoms with Crippen LogP contribution in [0.15, 0.2) is 34.4 Å². The Labute approximate surface area is 149 Å². The van der Waals surface area contributed by atoms with Gasteiger partial charge in [0.1, 0.15) is 18.1 Å². The molecule has 0 saturated carbocycles. The highest BCUT2D eigenvalue weighted by Crippen LogP contribution is 2.29. The maximum atomic E-state index is 12.5. The second-order valence-electron chi connectivity index (χ2n) is 5.67. The molecule has 7 nitrogen and oxygen atoms in total. The Balaban J connectivity index is 1.65. The van der Waals surface area contributed by atoms with E-state index in [0.29, 0.717) is 27.9 Å². The highest BCUT2D eigenvalue weighted by molar-refractivity contribution is 6.30. The van der Waals surface area contributed by atoms with Gasteiger partial charge in [0, 0.05) is 23.7 Å². The maximum absolute atomic E-state index is 12.5. The molecule has 1 aliphatic rings. The van der Waals surface area contributed by atoms with Gasteiger partial charge in [0.25, 0.3) is 5.91 Å². The van der Waals surface area contributed by atoms with Crippen molar-refractivity contribution in [3.05, 3.63) is 46.2 Å². The topological polar surface area (TPSA) is 84.7 Å². The first-order chi connectivity index (χ1) is 11.9. The fourth-order valence-electron chi connectivity index (χ4n) is 2.41. The molecule has 8 heteroatoms. The van der Waals surface area contributed by atoms with E-state index >= 15 is 0 Å². The zero-order valence-electron chi connectivity index (χ0n) is 13.7. The lowest BCUT2D eigenvalue weighted by molar-refractivity contribution is -0.130. The zero-order chi connectivity index (χ0) is 18.0.